The molecule has 12 rings (SSSR count). The Hall–Kier alpha value is -7.54. The minimum absolute atomic E-state index is 0.174. The molecule has 1 unspecified atom stereocenters. The van der Waals surface area contributed by atoms with Gasteiger partial charge in [-0.2, -0.15) is 9.49 Å². The molecule has 3 amide bonds. The first kappa shape index (κ1) is 48.7. The van der Waals surface area contributed by atoms with E-state index in [0.29, 0.717) is 35.3 Å². The van der Waals surface area contributed by atoms with Gasteiger partial charge >= 0.3 is 5.69 Å². The number of methoxy groups -OCH3 is 1. The molecule has 19 heteroatoms. The van der Waals surface area contributed by atoms with Gasteiger partial charge in [-0.05, 0) is 123 Å². The normalized spacial score (nSPS) is 21.1. The van der Waals surface area contributed by atoms with Crippen molar-refractivity contribution in [3.63, 3.8) is 0 Å². The maximum Gasteiger partial charge on any atom is 0.329 e. The van der Waals surface area contributed by atoms with E-state index in [9.17, 15) is 19.2 Å². The third-order valence-electron chi connectivity index (χ3n) is 16.1. The molecule has 2 aliphatic heterocycles. The fourth-order valence-electron chi connectivity index (χ4n) is 11.5. The number of halogens is 3. The Morgan fingerprint density at radius 3 is 2.28 bits per heavy atom. The van der Waals surface area contributed by atoms with E-state index < -0.39 is 46.6 Å². The lowest BCUT2D eigenvalue weighted by Gasteiger charge is -2.53. The van der Waals surface area contributed by atoms with E-state index in [1.165, 1.54) is 11.7 Å². The van der Waals surface area contributed by atoms with Gasteiger partial charge in [0, 0.05) is 75.7 Å². The lowest BCUT2D eigenvalue weighted by Crippen LogP contribution is -2.51. The molecule has 74 heavy (non-hydrogen) atoms. The molecule has 0 spiro atoms. The molecule has 3 saturated carbocycles. The van der Waals surface area contributed by atoms with Crippen molar-refractivity contribution in [2.75, 3.05) is 51.3 Å². The third kappa shape index (κ3) is 9.26. The van der Waals surface area contributed by atoms with Gasteiger partial charge in [-0.1, -0.05) is 30.3 Å². The smallest absolute Gasteiger partial charge is 0.329 e. The predicted octanol–water partition coefficient (Wildman–Crippen LogP) is 7.36. The molecule has 5 aliphatic rings. The van der Waals surface area contributed by atoms with Crippen molar-refractivity contribution in [1.29, 1.82) is 0 Å². The average Bonchev–Trinajstić information content (AvgIpc) is 3.98. The highest BCUT2D eigenvalue weighted by Gasteiger charge is 2.50. The number of aryl methyl sites for hydroxylation is 2. The number of piperazine rings is 1. The monoisotopic (exact) mass is 1010 g/mol. The van der Waals surface area contributed by atoms with E-state index in [-0.39, 0.29) is 42.1 Å². The van der Waals surface area contributed by atoms with Gasteiger partial charge in [-0.15, -0.1) is 0 Å². The van der Waals surface area contributed by atoms with Crippen LogP contribution in [0.2, 0.25) is 0 Å². The Morgan fingerprint density at radius 1 is 0.838 bits per heavy atom. The highest BCUT2D eigenvalue weighted by Crippen LogP contribution is 2.55. The summed E-state index contributed by atoms with van der Waals surface area (Å²) in [5.74, 6) is -5.37. The number of nitrogens with zero attached hydrogens (tertiary/aromatic N) is 8. The molecule has 4 aromatic carbocycles. The summed E-state index contributed by atoms with van der Waals surface area (Å²) >= 11 is 0. The van der Waals surface area contributed by atoms with Gasteiger partial charge in [0.25, 0.3) is 5.91 Å². The van der Waals surface area contributed by atoms with Gasteiger partial charge in [0.15, 0.2) is 17.4 Å². The van der Waals surface area contributed by atoms with E-state index in [1.807, 2.05) is 30.6 Å². The Labute approximate surface area is 424 Å². The van der Waals surface area contributed by atoms with Crippen LogP contribution < -0.4 is 30.7 Å². The second kappa shape index (κ2) is 19.7. The first-order chi connectivity index (χ1) is 35.8. The first-order valence-corrected chi connectivity index (χ1v) is 25.3. The van der Waals surface area contributed by atoms with Gasteiger partial charge in [0.2, 0.25) is 23.6 Å². The number of amides is 3. The number of imide groups is 1. The van der Waals surface area contributed by atoms with Crippen LogP contribution in [-0.4, -0.2) is 97.9 Å². The average molecular weight is 1010 g/mol. The summed E-state index contributed by atoms with van der Waals surface area (Å²) in [7, 11) is 3.23. The van der Waals surface area contributed by atoms with E-state index >= 15 is 13.2 Å². The lowest BCUT2D eigenvalue weighted by molar-refractivity contribution is -0.135. The Bertz CT molecular complexity index is 3340. The minimum atomic E-state index is -1.55. The van der Waals surface area contributed by atoms with Gasteiger partial charge < -0.3 is 19.7 Å². The van der Waals surface area contributed by atoms with Crippen molar-refractivity contribution >= 4 is 45.6 Å². The molecular weight excluding hydrogens is 954 g/mol. The SMILES string of the molecule is COc1ccc(COc2c(F)cc(C(=O)NC[C@]34CC[C@](n5cc6ccc(-c7cnc(N8CCN(CCCc9ccc%10c(c9)n(C)c(=O)n%10C9CCC(=O)NC9=O)CC8)nc7)cc6n5)(CC3)CC4)c(F)c2F)cc1. The van der Waals surface area contributed by atoms with Gasteiger partial charge in [-0.3, -0.25) is 38.4 Å². The van der Waals surface area contributed by atoms with Crippen molar-refractivity contribution in [1.82, 2.24) is 44.4 Å². The van der Waals surface area contributed by atoms with Crippen LogP contribution in [0.3, 0.4) is 0 Å². The Kier molecular flexibility index (Phi) is 13.0. The second-order valence-corrected chi connectivity index (χ2v) is 20.5. The second-order valence-electron chi connectivity index (χ2n) is 20.5. The summed E-state index contributed by atoms with van der Waals surface area (Å²) in [5.41, 5.74) is 4.56. The van der Waals surface area contributed by atoms with Gasteiger partial charge in [0.1, 0.15) is 18.4 Å². The van der Waals surface area contributed by atoms with Crippen molar-refractivity contribution in [2.45, 2.75) is 82.4 Å². The lowest BCUT2D eigenvalue weighted by atomic mass is 9.57. The number of imidazole rings is 1. The predicted molar refractivity (Wildman–Crippen MR) is 270 cm³/mol. The molecule has 0 radical (unpaired) electrons. The van der Waals surface area contributed by atoms with Crippen molar-refractivity contribution in [2.24, 2.45) is 12.5 Å². The maximum atomic E-state index is 15.2. The van der Waals surface area contributed by atoms with Gasteiger partial charge in [-0.25, -0.2) is 23.5 Å². The third-order valence-corrected chi connectivity index (χ3v) is 16.1. The Morgan fingerprint density at radius 2 is 1.57 bits per heavy atom. The summed E-state index contributed by atoms with van der Waals surface area (Å²) in [6.07, 6.45) is 13.1. The van der Waals surface area contributed by atoms with Crippen LogP contribution in [-0.2, 0) is 35.2 Å². The number of aromatic nitrogens is 6. The summed E-state index contributed by atoms with van der Waals surface area (Å²) in [6.45, 7) is 4.38. The van der Waals surface area contributed by atoms with Crippen molar-refractivity contribution in [3.8, 4) is 22.6 Å². The maximum absolute atomic E-state index is 15.2. The summed E-state index contributed by atoms with van der Waals surface area (Å²) in [4.78, 5) is 64.9. The number of hydrogen-bond acceptors (Lipinski definition) is 11. The molecule has 384 valence electrons. The van der Waals surface area contributed by atoms with E-state index in [1.54, 1.807) is 35.9 Å². The molecule has 3 aliphatic carbocycles. The first-order valence-electron chi connectivity index (χ1n) is 25.3. The van der Waals surface area contributed by atoms with Crippen molar-refractivity contribution in [3.05, 3.63) is 130 Å². The molecule has 2 saturated heterocycles. The number of ether oxygens (including phenoxy) is 2. The summed E-state index contributed by atoms with van der Waals surface area (Å²) in [5, 5.41) is 11.3. The highest BCUT2D eigenvalue weighted by atomic mass is 19.2. The number of nitrogens with one attached hydrogen (secondary N) is 2. The number of fused-ring (bicyclic) bond motifs is 5. The fourth-order valence-corrected chi connectivity index (χ4v) is 11.5. The van der Waals surface area contributed by atoms with Crippen LogP contribution in [0.25, 0.3) is 33.1 Å². The zero-order valence-electron chi connectivity index (χ0n) is 41.3. The van der Waals surface area contributed by atoms with Crippen LogP contribution >= 0.6 is 0 Å². The fraction of sp³-hybridized carbons (Fsp3) is 0.400. The van der Waals surface area contributed by atoms with Crippen LogP contribution in [0, 0.1) is 22.9 Å². The zero-order valence-corrected chi connectivity index (χ0v) is 41.3. The number of carbonyl (C=O) groups excluding carboxylic acids is 3. The van der Waals surface area contributed by atoms with Crippen LogP contribution in [0.1, 0.15) is 85.3 Å². The molecule has 1 atom stereocenters. The molecule has 2 N–H and O–H groups in total. The summed E-state index contributed by atoms with van der Waals surface area (Å²) in [6, 6.07) is 18.9. The van der Waals surface area contributed by atoms with Crippen molar-refractivity contribution < 1.29 is 37.0 Å². The quantitative estimate of drug-likeness (QED) is 0.0777. The van der Waals surface area contributed by atoms with Crippen LogP contribution in [0.15, 0.2) is 90.1 Å². The zero-order chi connectivity index (χ0) is 51.3. The number of hydrogen-bond donors (Lipinski definition) is 2. The van der Waals surface area contributed by atoms with Gasteiger partial charge in [0.05, 0.1) is 34.8 Å². The molecule has 5 heterocycles. The minimum Gasteiger partial charge on any atom is -0.497 e. The largest absolute Gasteiger partial charge is 0.497 e. The molecule has 3 aromatic heterocycles. The molecule has 16 nitrogen and oxygen atoms in total. The number of carbonyl (C=O) groups is 3. The standard InChI is InChI=1S/C55H57F3N10O6/c1-64-45-26-34(7-12-43(45)68(53(64)72)44-13-14-46(69)62-51(44)71)4-3-21-65-22-24-66(25-23-65)52-59-29-38(30-60-52)36-8-9-37-31-67(63-42(37)27-36)55-18-15-54(16-19-55,17-20-55)33-61-50(70)40-28-41(56)49(48(58)47(40)57)74-32-35-5-10-39(73-2)11-6-35/h5-12,26-31,44H,3-4,13-25,32-33H2,1-2H3,(H,61,70)(H,62,69,71)/t44?,54-,55+. The number of anilines is 1. The Balaban J connectivity index is 0.652. The molecular formula is C55H57F3N10O6. The van der Waals surface area contributed by atoms with Crippen LogP contribution in [0.5, 0.6) is 11.5 Å². The number of benzene rings is 4. The molecule has 7 aromatic rings. The molecule has 5 fully saturated rings. The number of rotatable bonds is 15. The van der Waals surface area contributed by atoms with E-state index in [4.69, 9.17) is 24.5 Å². The number of piperidine rings is 1. The van der Waals surface area contributed by atoms with E-state index in [0.717, 1.165) is 117 Å². The highest BCUT2D eigenvalue weighted by molar-refractivity contribution is 6.00. The summed E-state index contributed by atoms with van der Waals surface area (Å²) < 4.78 is 61.0. The molecule has 2 bridgehead atoms. The van der Waals surface area contributed by atoms with Crippen LogP contribution in [0.4, 0.5) is 19.1 Å². The topological polar surface area (TPSA) is 171 Å². The van der Waals surface area contributed by atoms with E-state index in [2.05, 4.69) is 49.5 Å².